The fourth-order valence-electron chi connectivity index (χ4n) is 5.81. The summed E-state index contributed by atoms with van der Waals surface area (Å²) < 4.78 is 1.24. The van der Waals surface area contributed by atoms with Gasteiger partial charge < -0.3 is 4.90 Å². The summed E-state index contributed by atoms with van der Waals surface area (Å²) in [5.74, 6) is 1.77. The van der Waals surface area contributed by atoms with E-state index in [4.69, 9.17) is 0 Å². The van der Waals surface area contributed by atoms with E-state index >= 15 is 0 Å². The fourth-order valence-corrected chi connectivity index (χ4v) is 5.81. The van der Waals surface area contributed by atoms with Crippen molar-refractivity contribution < 1.29 is 4.48 Å². The Morgan fingerprint density at radius 2 is 1.06 bits per heavy atom. The van der Waals surface area contributed by atoms with Crippen LogP contribution in [0.5, 0.6) is 0 Å². The lowest BCUT2D eigenvalue weighted by molar-refractivity contribution is -0.888. The molecule has 1 aliphatic heterocycles. The molecular weight excluding hydrogens is 400 g/mol. The minimum Gasteiger partial charge on any atom is -0.326 e. The SMILES string of the molecule is CCCCCCCCCCCCN1C=C[N+](CC(CC)CCCC)(CC(CC)CCCC)C1. The normalized spacial score (nSPS) is 20.0. The zero-order chi connectivity index (χ0) is 24.2. The molecule has 33 heavy (non-hydrogen) atoms. The van der Waals surface area contributed by atoms with Crippen LogP contribution >= 0.6 is 0 Å². The molecule has 2 atom stereocenters. The van der Waals surface area contributed by atoms with E-state index in [1.165, 1.54) is 146 Å². The molecule has 0 aromatic heterocycles. The van der Waals surface area contributed by atoms with Crippen molar-refractivity contribution in [2.75, 3.05) is 26.3 Å². The molecule has 2 nitrogen and oxygen atoms in total. The monoisotopic (exact) mass is 463 g/mol. The van der Waals surface area contributed by atoms with E-state index in [1.54, 1.807) is 0 Å². The van der Waals surface area contributed by atoms with E-state index in [9.17, 15) is 0 Å². The molecule has 0 spiro atoms. The molecule has 0 saturated heterocycles. The van der Waals surface area contributed by atoms with Crippen molar-refractivity contribution in [2.24, 2.45) is 11.8 Å². The average molecular weight is 464 g/mol. The van der Waals surface area contributed by atoms with Gasteiger partial charge in [0.2, 0.25) is 0 Å². The molecular formula is C31H63N2+. The van der Waals surface area contributed by atoms with Gasteiger partial charge in [-0.25, -0.2) is 0 Å². The lowest BCUT2D eigenvalue weighted by Crippen LogP contribution is -2.50. The van der Waals surface area contributed by atoms with Crippen LogP contribution in [0, 0.1) is 11.8 Å². The van der Waals surface area contributed by atoms with Gasteiger partial charge in [-0.3, -0.25) is 4.48 Å². The van der Waals surface area contributed by atoms with Crippen LogP contribution in [0.25, 0.3) is 0 Å². The van der Waals surface area contributed by atoms with Crippen LogP contribution in [0.15, 0.2) is 12.4 Å². The van der Waals surface area contributed by atoms with Crippen LogP contribution in [-0.4, -0.2) is 35.7 Å². The third kappa shape index (κ3) is 13.8. The van der Waals surface area contributed by atoms with Crippen LogP contribution in [0.4, 0.5) is 0 Å². The standard InChI is InChI=1S/C31H63N2/c1-6-11-14-15-16-17-18-19-20-21-24-32-25-26-33(29-32,27-30(9-4)22-12-7-2)28-31(10-5)23-13-8-3/h25-26,30-31H,6-24,27-29H2,1-5H3/q+1. The lowest BCUT2D eigenvalue weighted by Gasteiger charge is -2.38. The van der Waals surface area contributed by atoms with Crippen LogP contribution in [0.1, 0.15) is 150 Å². The summed E-state index contributed by atoms with van der Waals surface area (Å²) in [6.45, 7) is 17.1. The lowest BCUT2D eigenvalue weighted by atomic mass is 9.94. The Kier molecular flexibility index (Phi) is 18.3. The Morgan fingerprint density at radius 3 is 1.52 bits per heavy atom. The second-order valence-corrected chi connectivity index (χ2v) is 11.4. The topological polar surface area (TPSA) is 3.24 Å². The number of hydrogen-bond donors (Lipinski definition) is 0. The van der Waals surface area contributed by atoms with E-state index in [0.717, 1.165) is 11.8 Å². The first-order chi connectivity index (χ1) is 16.1. The molecule has 0 radical (unpaired) electrons. The Labute approximate surface area is 210 Å². The van der Waals surface area contributed by atoms with Gasteiger partial charge in [-0.2, -0.15) is 0 Å². The zero-order valence-electron chi connectivity index (χ0n) is 23.8. The molecule has 2 heteroatoms. The summed E-state index contributed by atoms with van der Waals surface area (Å²) in [5, 5.41) is 0. The average Bonchev–Trinajstić information content (AvgIpc) is 3.23. The van der Waals surface area contributed by atoms with Gasteiger partial charge in [-0.05, 0) is 32.1 Å². The van der Waals surface area contributed by atoms with Gasteiger partial charge in [0.05, 0.1) is 19.3 Å². The fraction of sp³-hybridized carbons (Fsp3) is 0.935. The molecule has 1 aliphatic rings. The second-order valence-electron chi connectivity index (χ2n) is 11.4. The van der Waals surface area contributed by atoms with Gasteiger partial charge in [0.1, 0.15) is 6.20 Å². The summed E-state index contributed by atoms with van der Waals surface area (Å²) in [6, 6.07) is 0. The molecule has 1 rings (SSSR count). The summed E-state index contributed by atoms with van der Waals surface area (Å²) in [5.41, 5.74) is 0. The molecule has 0 saturated carbocycles. The van der Waals surface area contributed by atoms with Gasteiger partial charge in [-0.15, -0.1) is 0 Å². The highest BCUT2D eigenvalue weighted by Gasteiger charge is 2.36. The Bertz CT molecular complexity index is 440. The maximum Gasteiger partial charge on any atom is 0.158 e. The molecule has 0 aliphatic carbocycles. The minimum atomic E-state index is 0.885. The maximum atomic E-state index is 2.67. The number of hydrogen-bond acceptors (Lipinski definition) is 1. The molecule has 196 valence electrons. The van der Waals surface area contributed by atoms with Crippen LogP contribution in [0.2, 0.25) is 0 Å². The second kappa shape index (κ2) is 19.8. The van der Waals surface area contributed by atoms with Crippen molar-refractivity contribution in [1.29, 1.82) is 0 Å². The molecule has 0 amide bonds. The highest BCUT2D eigenvalue weighted by Crippen LogP contribution is 2.29. The quantitative estimate of drug-likeness (QED) is 0.108. The van der Waals surface area contributed by atoms with Gasteiger partial charge in [0, 0.05) is 18.4 Å². The smallest absolute Gasteiger partial charge is 0.158 e. The van der Waals surface area contributed by atoms with Crippen molar-refractivity contribution in [3.63, 3.8) is 0 Å². The van der Waals surface area contributed by atoms with Crippen LogP contribution in [-0.2, 0) is 0 Å². The van der Waals surface area contributed by atoms with E-state index in [1.807, 2.05) is 0 Å². The zero-order valence-corrected chi connectivity index (χ0v) is 23.8. The predicted octanol–water partition coefficient (Wildman–Crippen LogP) is 9.90. The maximum absolute atomic E-state index is 2.67. The number of nitrogens with zero attached hydrogens (tertiary/aromatic N) is 2. The van der Waals surface area contributed by atoms with Crippen molar-refractivity contribution in [2.45, 2.75) is 150 Å². The summed E-state index contributed by atoms with van der Waals surface area (Å²) in [4.78, 5) is 2.67. The van der Waals surface area contributed by atoms with Crippen molar-refractivity contribution in [3.05, 3.63) is 12.4 Å². The molecule has 0 aromatic rings. The molecule has 0 bridgehead atoms. The van der Waals surface area contributed by atoms with Crippen molar-refractivity contribution >= 4 is 0 Å². The van der Waals surface area contributed by atoms with Gasteiger partial charge in [0.15, 0.2) is 6.67 Å². The van der Waals surface area contributed by atoms with E-state index in [2.05, 4.69) is 51.9 Å². The number of quaternary nitrogens is 1. The first-order valence-corrected chi connectivity index (χ1v) is 15.4. The minimum absolute atomic E-state index is 0.885. The molecule has 1 heterocycles. The highest BCUT2D eigenvalue weighted by atomic mass is 15.5. The Hall–Kier alpha value is -0.500. The predicted molar refractivity (Wildman–Crippen MR) is 149 cm³/mol. The molecule has 0 N–H and O–H groups in total. The van der Waals surface area contributed by atoms with E-state index < -0.39 is 0 Å². The number of rotatable bonds is 23. The molecule has 2 unspecified atom stereocenters. The van der Waals surface area contributed by atoms with E-state index in [-0.39, 0.29) is 0 Å². The van der Waals surface area contributed by atoms with Gasteiger partial charge in [0.25, 0.3) is 0 Å². The summed E-state index contributed by atoms with van der Waals surface area (Å²) >= 11 is 0. The molecule has 0 aromatic carbocycles. The van der Waals surface area contributed by atoms with E-state index in [0.29, 0.717) is 0 Å². The van der Waals surface area contributed by atoms with Crippen LogP contribution in [0.3, 0.4) is 0 Å². The third-order valence-corrected chi connectivity index (χ3v) is 8.19. The van der Waals surface area contributed by atoms with Crippen LogP contribution < -0.4 is 0 Å². The summed E-state index contributed by atoms with van der Waals surface area (Å²) in [7, 11) is 0. The van der Waals surface area contributed by atoms with Crippen molar-refractivity contribution in [1.82, 2.24) is 4.90 Å². The van der Waals surface area contributed by atoms with Crippen molar-refractivity contribution in [3.8, 4) is 0 Å². The van der Waals surface area contributed by atoms with Gasteiger partial charge >= 0.3 is 0 Å². The Balaban J connectivity index is 2.46. The molecule has 0 fully saturated rings. The Morgan fingerprint density at radius 1 is 0.606 bits per heavy atom. The first kappa shape index (κ1) is 30.5. The number of unbranched alkanes of at least 4 members (excludes halogenated alkanes) is 11. The van der Waals surface area contributed by atoms with Gasteiger partial charge in [-0.1, -0.05) is 118 Å². The third-order valence-electron chi connectivity index (χ3n) is 8.19. The first-order valence-electron chi connectivity index (χ1n) is 15.4. The highest BCUT2D eigenvalue weighted by molar-refractivity contribution is 4.84. The summed E-state index contributed by atoms with van der Waals surface area (Å²) in [6.07, 6.45) is 30.4. The largest absolute Gasteiger partial charge is 0.326 e.